The van der Waals surface area contributed by atoms with Gasteiger partial charge >= 0.3 is 0 Å². The van der Waals surface area contributed by atoms with Crippen LogP contribution >= 0.6 is 15.9 Å². The van der Waals surface area contributed by atoms with Crippen molar-refractivity contribution in [3.05, 3.63) is 99.8 Å². The van der Waals surface area contributed by atoms with Gasteiger partial charge in [0.15, 0.2) is 0 Å². The summed E-state index contributed by atoms with van der Waals surface area (Å²) >= 11 is 3.35. The van der Waals surface area contributed by atoms with Gasteiger partial charge in [-0.05, 0) is 29.8 Å². The van der Waals surface area contributed by atoms with Gasteiger partial charge in [-0.3, -0.25) is 4.79 Å². The Bertz CT molecular complexity index is 961. The first-order valence-electron chi connectivity index (χ1n) is 8.17. The summed E-state index contributed by atoms with van der Waals surface area (Å²) in [6, 6.07) is 21.0. The summed E-state index contributed by atoms with van der Waals surface area (Å²) in [5.41, 5.74) is 4.00. The molecule has 0 fully saturated rings. The number of rotatable bonds is 6. The van der Waals surface area contributed by atoms with E-state index in [2.05, 4.69) is 26.5 Å². The number of hydrazone groups is 1. The third-order valence-electron chi connectivity index (χ3n) is 3.70. The maximum atomic E-state index is 13.6. The van der Waals surface area contributed by atoms with Crippen LogP contribution in [0.2, 0.25) is 0 Å². The highest BCUT2D eigenvalue weighted by Gasteiger charge is 2.13. The zero-order valence-electron chi connectivity index (χ0n) is 14.2. The Morgan fingerprint density at radius 3 is 2.59 bits per heavy atom. The van der Waals surface area contributed by atoms with Gasteiger partial charge in [0, 0.05) is 10.0 Å². The molecule has 4 nitrogen and oxygen atoms in total. The average molecular weight is 427 g/mol. The number of nitrogens with one attached hydrogen (secondary N) is 1. The number of hydrogen-bond donors (Lipinski definition) is 1. The van der Waals surface area contributed by atoms with E-state index in [0.717, 1.165) is 10.0 Å². The zero-order valence-corrected chi connectivity index (χ0v) is 15.8. The second-order valence-electron chi connectivity index (χ2n) is 5.64. The Kier molecular flexibility index (Phi) is 6.33. The van der Waals surface area contributed by atoms with Crippen LogP contribution in [0.4, 0.5) is 4.39 Å². The minimum absolute atomic E-state index is 0.285. The fourth-order valence-corrected chi connectivity index (χ4v) is 2.70. The minimum atomic E-state index is -0.452. The van der Waals surface area contributed by atoms with Gasteiger partial charge in [0.1, 0.15) is 18.2 Å². The Morgan fingerprint density at radius 2 is 1.81 bits per heavy atom. The lowest BCUT2D eigenvalue weighted by atomic mass is 10.2. The molecule has 0 aliphatic heterocycles. The van der Waals surface area contributed by atoms with Crippen molar-refractivity contribution in [2.75, 3.05) is 0 Å². The highest BCUT2D eigenvalue weighted by Crippen LogP contribution is 2.24. The van der Waals surface area contributed by atoms with Gasteiger partial charge in [-0.15, -0.1) is 0 Å². The molecule has 0 saturated carbocycles. The van der Waals surface area contributed by atoms with E-state index in [9.17, 15) is 9.18 Å². The minimum Gasteiger partial charge on any atom is -0.488 e. The van der Waals surface area contributed by atoms with Crippen LogP contribution in [0.15, 0.2) is 82.4 Å². The Hall–Kier alpha value is -2.99. The van der Waals surface area contributed by atoms with Gasteiger partial charge in [-0.25, -0.2) is 9.82 Å². The SMILES string of the molecule is O=C(NN=Cc1ccccc1F)c1cc(Br)ccc1OCc1ccccc1. The number of carbonyl (C=O) groups is 1. The van der Waals surface area contributed by atoms with Gasteiger partial charge in [-0.1, -0.05) is 64.5 Å². The molecule has 0 radical (unpaired) electrons. The molecular formula is C21H16BrFN2O2. The van der Waals surface area contributed by atoms with Crippen molar-refractivity contribution in [1.82, 2.24) is 5.43 Å². The molecule has 3 aromatic rings. The summed E-state index contributed by atoms with van der Waals surface area (Å²) in [6.07, 6.45) is 1.26. The van der Waals surface area contributed by atoms with Crippen LogP contribution in [0.3, 0.4) is 0 Å². The third kappa shape index (κ3) is 5.24. The smallest absolute Gasteiger partial charge is 0.275 e. The molecule has 0 aliphatic rings. The van der Waals surface area contributed by atoms with Gasteiger partial charge in [-0.2, -0.15) is 5.10 Å². The molecule has 6 heteroatoms. The molecule has 1 N–H and O–H groups in total. The molecule has 0 saturated heterocycles. The van der Waals surface area contributed by atoms with Crippen molar-refractivity contribution in [3.63, 3.8) is 0 Å². The number of halogens is 2. The summed E-state index contributed by atoms with van der Waals surface area (Å²) in [5, 5.41) is 3.83. The summed E-state index contributed by atoms with van der Waals surface area (Å²) in [6.45, 7) is 0.335. The lowest BCUT2D eigenvalue weighted by Crippen LogP contribution is -2.19. The highest BCUT2D eigenvalue weighted by molar-refractivity contribution is 9.10. The molecule has 0 unspecified atom stereocenters. The van der Waals surface area contributed by atoms with Crippen LogP contribution in [0.5, 0.6) is 5.75 Å². The molecule has 0 aliphatic carbocycles. The normalized spacial score (nSPS) is 10.7. The van der Waals surface area contributed by atoms with E-state index in [0.29, 0.717) is 17.9 Å². The number of ether oxygens (including phenoxy) is 1. The fraction of sp³-hybridized carbons (Fsp3) is 0.0476. The second-order valence-corrected chi connectivity index (χ2v) is 6.55. The van der Waals surface area contributed by atoms with E-state index < -0.39 is 11.7 Å². The van der Waals surface area contributed by atoms with Crippen molar-refractivity contribution in [3.8, 4) is 5.75 Å². The largest absolute Gasteiger partial charge is 0.488 e. The summed E-state index contributed by atoms with van der Waals surface area (Å²) in [7, 11) is 0. The number of nitrogens with zero attached hydrogens (tertiary/aromatic N) is 1. The van der Waals surface area contributed by atoms with Crippen molar-refractivity contribution in [1.29, 1.82) is 0 Å². The van der Waals surface area contributed by atoms with Crippen LogP contribution in [-0.4, -0.2) is 12.1 Å². The van der Waals surface area contributed by atoms with Crippen molar-refractivity contribution < 1.29 is 13.9 Å². The molecule has 136 valence electrons. The summed E-state index contributed by atoms with van der Waals surface area (Å²) in [5.74, 6) is -0.433. The Morgan fingerprint density at radius 1 is 1.07 bits per heavy atom. The van der Waals surface area contributed by atoms with E-state index >= 15 is 0 Å². The molecule has 0 atom stereocenters. The first-order valence-corrected chi connectivity index (χ1v) is 8.97. The van der Waals surface area contributed by atoms with Crippen LogP contribution in [0.1, 0.15) is 21.5 Å². The van der Waals surface area contributed by atoms with E-state index in [1.54, 1.807) is 36.4 Å². The maximum absolute atomic E-state index is 13.6. The quantitative estimate of drug-likeness (QED) is 0.448. The lowest BCUT2D eigenvalue weighted by Gasteiger charge is -2.11. The fourth-order valence-electron chi connectivity index (χ4n) is 2.34. The molecular weight excluding hydrogens is 411 g/mol. The predicted octanol–water partition coefficient (Wildman–Crippen LogP) is 4.93. The molecule has 0 bridgehead atoms. The molecule has 0 spiro atoms. The second kappa shape index (κ2) is 9.09. The van der Waals surface area contributed by atoms with Crippen LogP contribution in [0, 0.1) is 5.82 Å². The molecule has 3 aromatic carbocycles. The van der Waals surface area contributed by atoms with E-state index in [1.165, 1.54) is 12.3 Å². The van der Waals surface area contributed by atoms with Gasteiger partial charge in [0.2, 0.25) is 0 Å². The van der Waals surface area contributed by atoms with Gasteiger partial charge in [0.25, 0.3) is 5.91 Å². The number of carbonyl (C=O) groups excluding carboxylic acids is 1. The first kappa shape index (κ1) is 18.8. The number of benzene rings is 3. The average Bonchev–Trinajstić information content (AvgIpc) is 2.69. The molecule has 1 amide bonds. The van der Waals surface area contributed by atoms with Crippen LogP contribution in [-0.2, 0) is 6.61 Å². The topological polar surface area (TPSA) is 50.7 Å². The van der Waals surface area contributed by atoms with Crippen molar-refractivity contribution in [2.45, 2.75) is 6.61 Å². The predicted molar refractivity (Wildman–Crippen MR) is 106 cm³/mol. The highest BCUT2D eigenvalue weighted by atomic mass is 79.9. The number of hydrogen-bond acceptors (Lipinski definition) is 3. The van der Waals surface area contributed by atoms with Crippen molar-refractivity contribution >= 4 is 28.1 Å². The lowest BCUT2D eigenvalue weighted by molar-refractivity contribution is 0.0950. The monoisotopic (exact) mass is 426 g/mol. The number of amides is 1. The molecule has 3 rings (SSSR count). The maximum Gasteiger partial charge on any atom is 0.275 e. The first-order chi connectivity index (χ1) is 13.1. The standard InChI is InChI=1S/C21H16BrFN2O2/c22-17-10-11-20(27-14-15-6-2-1-3-7-15)18(12-17)21(26)25-24-13-16-8-4-5-9-19(16)23/h1-13H,14H2,(H,25,26). The Balaban J connectivity index is 1.71. The molecule has 0 aromatic heterocycles. The summed E-state index contributed by atoms with van der Waals surface area (Å²) in [4.78, 5) is 12.5. The van der Waals surface area contributed by atoms with Crippen LogP contribution in [0.25, 0.3) is 0 Å². The van der Waals surface area contributed by atoms with Crippen molar-refractivity contribution in [2.24, 2.45) is 5.10 Å². The van der Waals surface area contributed by atoms with Gasteiger partial charge in [0.05, 0.1) is 11.8 Å². The molecule has 27 heavy (non-hydrogen) atoms. The zero-order chi connectivity index (χ0) is 19.1. The summed E-state index contributed by atoms with van der Waals surface area (Å²) < 4.78 is 20.1. The van der Waals surface area contributed by atoms with Gasteiger partial charge < -0.3 is 4.74 Å². The Labute approximate surface area is 164 Å². The van der Waals surface area contributed by atoms with E-state index in [-0.39, 0.29) is 5.56 Å². The molecule has 0 heterocycles. The van der Waals surface area contributed by atoms with E-state index in [1.807, 2.05) is 30.3 Å². The third-order valence-corrected chi connectivity index (χ3v) is 4.19. The van der Waals surface area contributed by atoms with E-state index in [4.69, 9.17) is 4.74 Å². The van der Waals surface area contributed by atoms with Crippen LogP contribution < -0.4 is 10.2 Å².